The maximum atomic E-state index is 5.35. The molecule has 4 heterocycles. The van der Waals surface area contributed by atoms with Gasteiger partial charge in [0.1, 0.15) is 5.65 Å². The van der Waals surface area contributed by atoms with Crippen LogP contribution >= 0.6 is 0 Å². The first-order valence-corrected chi connectivity index (χ1v) is 21.4. The molecule has 11 rings (SSSR count). The van der Waals surface area contributed by atoms with Crippen molar-refractivity contribution in [2.24, 2.45) is 0 Å². The zero-order valence-electron chi connectivity index (χ0n) is 31.1. The van der Waals surface area contributed by atoms with E-state index in [-0.39, 0.29) is 0 Å². The van der Waals surface area contributed by atoms with E-state index in [0.717, 1.165) is 44.6 Å². The minimum absolute atomic E-state index is 0.935. The average molecular weight is 745 g/mol. The lowest BCUT2D eigenvalue weighted by Gasteiger charge is -2.35. The van der Waals surface area contributed by atoms with Gasteiger partial charge in [0, 0.05) is 45.5 Å². The monoisotopic (exact) mass is 744 g/mol. The number of aromatic nitrogens is 4. The molecule has 57 heavy (non-hydrogen) atoms. The van der Waals surface area contributed by atoms with Gasteiger partial charge >= 0.3 is 0 Å². The highest BCUT2D eigenvalue weighted by atomic mass is 28.3. The molecular formula is C52H36N4Si. The molecule has 0 aliphatic heterocycles. The van der Waals surface area contributed by atoms with Crippen molar-refractivity contribution in [1.29, 1.82) is 0 Å². The second-order valence-electron chi connectivity index (χ2n) is 14.6. The smallest absolute Gasteiger partial charge is 0.179 e. The van der Waals surface area contributed by atoms with Gasteiger partial charge in [0.25, 0.3) is 0 Å². The molecule has 0 saturated heterocycles. The standard InChI is InChI=1S/C52H36N4Si/c1-4-19-38(20-5-1)55-48-31-12-10-28-44(48)46-36-54-52-50(51(46)55)45-29-11-13-32-49(45)56(52)39-21-17-27-43(35-39)57(40-22-6-2-7-23-40,41-24-8-3-9-25-41)42-26-16-18-37(34-42)47-30-14-15-33-53-47/h1-36H. The van der Waals surface area contributed by atoms with Crippen molar-refractivity contribution in [1.82, 2.24) is 19.1 Å². The maximum absolute atomic E-state index is 5.35. The fourth-order valence-corrected chi connectivity index (χ4v) is 14.0. The number of fused-ring (bicyclic) bond motifs is 7. The van der Waals surface area contributed by atoms with Crippen LogP contribution < -0.4 is 20.7 Å². The molecule has 5 heteroatoms. The minimum Gasteiger partial charge on any atom is -0.308 e. The normalized spacial score (nSPS) is 11.9. The Morgan fingerprint density at radius 1 is 0.386 bits per heavy atom. The number of hydrogen-bond acceptors (Lipinski definition) is 2. The van der Waals surface area contributed by atoms with Gasteiger partial charge in [-0.3, -0.25) is 9.55 Å². The summed E-state index contributed by atoms with van der Waals surface area (Å²) < 4.78 is 4.79. The van der Waals surface area contributed by atoms with E-state index in [9.17, 15) is 0 Å². The van der Waals surface area contributed by atoms with Gasteiger partial charge in [0.2, 0.25) is 0 Å². The lowest BCUT2D eigenvalue weighted by molar-refractivity contribution is 1.14. The van der Waals surface area contributed by atoms with Crippen LogP contribution in [0.2, 0.25) is 0 Å². The Morgan fingerprint density at radius 2 is 0.947 bits per heavy atom. The van der Waals surface area contributed by atoms with E-state index in [1.165, 1.54) is 42.6 Å². The Balaban J connectivity index is 1.23. The molecule has 0 spiro atoms. The van der Waals surface area contributed by atoms with Gasteiger partial charge in [-0.15, -0.1) is 0 Å². The SMILES string of the molecule is c1ccc(-n2c3ccccc3c3cnc4c(c5ccccc5n4-c4cccc([Si](c5ccccc5)(c5ccccc5)c5cccc(-c6ccccn6)c5)c4)c32)cc1. The number of para-hydroxylation sites is 3. The molecule has 0 bridgehead atoms. The topological polar surface area (TPSA) is 35.6 Å². The van der Waals surface area contributed by atoms with Gasteiger partial charge in [-0.05, 0) is 69.3 Å². The summed E-state index contributed by atoms with van der Waals surface area (Å²) in [6, 6.07) is 74.9. The summed E-state index contributed by atoms with van der Waals surface area (Å²) in [6.45, 7) is 0. The lowest BCUT2D eigenvalue weighted by atomic mass is 10.1. The summed E-state index contributed by atoms with van der Waals surface area (Å²) in [5.41, 5.74) is 8.68. The highest BCUT2D eigenvalue weighted by Gasteiger charge is 2.42. The molecule has 268 valence electrons. The fraction of sp³-hybridized carbons (Fsp3) is 0. The predicted octanol–water partition coefficient (Wildman–Crippen LogP) is 9.72. The zero-order chi connectivity index (χ0) is 37.8. The molecule has 0 aliphatic rings. The van der Waals surface area contributed by atoms with Crippen molar-refractivity contribution >= 4 is 72.6 Å². The van der Waals surface area contributed by atoms with Crippen LogP contribution in [-0.2, 0) is 0 Å². The summed E-state index contributed by atoms with van der Waals surface area (Å²) in [5, 5.41) is 9.89. The Bertz CT molecular complexity index is 3190. The van der Waals surface area contributed by atoms with Crippen LogP contribution in [0.4, 0.5) is 0 Å². The van der Waals surface area contributed by atoms with Gasteiger partial charge in [0.15, 0.2) is 8.07 Å². The first-order valence-electron chi connectivity index (χ1n) is 19.4. The first kappa shape index (κ1) is 33.0. The molecule has 0 N–H and O–H groups in total. The Labute approximate surface area is 331 Å². The molecule has 0 aliphatic carbocycles. The summed E-state index contributed by atoms with van der Waals surface area (Å²) in [5.74, 6) is 0. The summed E-state index contributed by atoms with van der Waals surface area (Å²) >= 11 is 0. The first-order chi connectivity index (χ1) is 28.3. The van der Waals surface area contributed by atoms with Crippen molar-refractivity contribution in [3.8, 4) is 22.6 Å². The Hall–Kier alpha value is -7.34. The third kappa shape index (κ3) is 5.13. The summed E-state index contributed by atoms with van der Waals surface area (Å²) in [7, 11) is -2.93. The van der Waals surface area contributed by atoms with Crippen LogP contribution in [-0.4, -0.2) is 27.2 Å². The number of hydrogen-bond donors (Lipinski definition) is 0. The molecule has 0 saturated carbocycles. The van der Waals surface area contributed by atoms with E-state index >= 15 is 0 Å². The highest BCUT2D eigenvalue weighted by molar-refractivity contribution is 7.20. The summed E-state index contributed by atoms with van der Waals surface area (Å²) in [6.07, 6.45) is 3.95. The van der Waals surface area contributed by atoms with E-state index < -0.39 is 8.07 Å². The van der Waals surface area contributed by atoms with Crippen molar-refractivity contribution in [2.75, 3.05) is 0 Å². The summed E-state index contributed by atoms with van der Waals surface area (Å²) in [4.78, 5) is 10.1. The highest BCUT2D eigenvalue weighted by Crippen LogP contribution is 2.40. The molecule has 0 unspecified atom stereocenters. The fourth-order valence-electron chi connectivity index (χ4n) is 9.16. The van der Waals surface area contributed by atoms with Gasteiger partial charge in [-0.1, -0.05) is 158 Å². The molecule has 0 atom stereocenters. The van der Waals surface area contributed by atoms with E-state index in [0.29, 0.717) is 0 Å². The van der Waals surface area contributed by atoms with E-state index in [4.69, 9.17) is 9.97 Å². The van der Waals surface area contributed by atoms with Gasteiger partial charge in [-0.2, -0.15) is 0 Å². The molecular weight excluding hydrogens is 709 g/mol. The van der Waals surface area contributed by atoms with Crippen LogP contribution in [0.5, 0.6) is 0 Å². The largest absolute Gasteiger partial charge is 0.308 e. The second-order valence-corrected chi connectivity index (χ2v) is 18.4. The van der Waals surface area contributed by atoms with Gasteiger partial charge < -0.3 is 4.57 Å². The van der Waals surface area contributed by atoms with Crippen LogP contribution in [0.3, 0.4) is 0 Å². The molecule has 0 radical (unpaired) electrons. The zero-order valence-corrected chi connectivity index (χ0v) is 32.1. The molecule has 4 aromatic heterocycles. The van der Waals surface area contributed by atoms with E-state index in [2.05, 4.69) is 216 Å². The molecule has 11 aromatic rings. The van der Waals surface area contributed by atoms with Crippen molar-refractivity contribution in [3.05, 3.63) is 219 Å². The van der Waals surface area contributed by atoms with Crippen LogP contribution in [0, 0.1) is 0 Å². The van der Waals surface area contributed by atoms with Crippen molar-refractivity contribution in [2.45, 2.75) is 0 Å². The van der Waals surface area contributed by atoms with Gasteiger partial charge in [0.05, 0.1) is 27.6 Å². The maximum Gasteiger partial charge on any atom is 0.179 e. The molecule has 4 nitrogen and oxygen atoms in total. The third-order valence-electron chi connectivity index (χ3n) is 11.5. The van der Waals surface area contributed by atoms with Crippen LogP contribution in [0.15, 0.2) is 219 Å². The van der Waals surface area contributed by atoms with Crippen molar-refractivity contribution in [3.63, 3.8) is 0 Å². The molecule has 0 fully saturated rings. The van der Waals surface area contributed by atoms with E-state index in [1.54, 1.807) is 0 Å². The number of pyridine rings is 2. The Kier molecular flexibility index (Phi) is 7.79. The second kappa shape index (κ2) is 13.4. The minimum atomic E-state index is -2.93. The van der Waals surface area contributed by atoms with Gasteiger partial charge in [-0.25, -0.2) is 4.98 Å². The van der Waals surface area contributed by atoms with Crippen LogP contribution in [0.25, 0.3) is 66.4 Å². The third-order valence-corrected chi connectivity index (χ3v) is 16.3. The lowest BCUT2D eigenvalue weighted by Crippen LogP contribution is -2.74. The predicted molar refractivity (Wildman–Crippen MR) is 240 cm³/mol. The molecule has 7 aromatic carbocycles. The van der Waals surface area contributed by atoms with E-state index in [1.807, 2.05) is 12.3 Å². The van der Waals surface area contributed by atoms with Crippen molar-refractivity contribution < 1.29 is 0 Å². The molecule has 0 amide bonds. The van der Waals surface area contributed by atoms with Crippen LogP contribution in [0.1, 0.15) is 0 Å². The quantitative estimate of drug-likeness (QED) is 0.120. The number of nitrogens with zero attached hydrogens (tertiary/aromatic N) is 4. The Morgan fingerprint density at radius 3 is 1.65 bits per heavy atom. The number of rotatable bonds is 7. The number of benzene rings is 7. The average Bonchev–Trinajstić information content (AvgIpc) is 3.81.